The van der Waals surface area contributed by atoms with Gasteiger partial charge in [0, 0.05) is 47.6 Å². The molecule has 4 aromatic rings. The Morgan fingerprint density at radius 1 is 0.537 bits per heavy atom. The highest BCUT2D eigenvalue weighted by Gasteiger charge is 2.44. The number of esters is 2. The summed E-state index contributed by atoms with van der Waals surface area (Å²) in [5.74, 6) is 2.54. The van der Waals surface area contributed by atoms with Gasteiger partial charge in [-0.15, -0.1) is 0 Å². The molecule has 368 valence electrons. The van der Waals surface area contributed by atoms with Crippen molar-refractivity contribution in [3.63, 3.8) is 0 Å². The molecule has 3 saturated heterocycles. The maximum atomic E-state index is 13.2. The molecule has 6 atom stereocenters. The minimum atomic E-state index is -0.155. The quantitative estimate of drug-likeness (QED) is 0.0945. The molecule has 0 saturated carbocycles. The lowest BCUT2D eigenvalue weighted by Crippen LogP contribution is -2.56. The lowest BCUT2D eigenvalue weighted by Gasteiger charge is -2.49. The fourth-order valence-electron chi connectivity index (χ4n) is 10.8. The van der Waals surface area contributed by atoms with Crippen LogP contribution in [0.3, 0.4) is 0 Å². The fourth-order valence-corrected chi connectivity index (χ4v) is 10.8. The SMILES string of the molecule is CC(C)C1CC(C(=O)Oc2ccc3cc(OC(=O)C4CC(C(C)C)N(C)C(C)(C)C4)ccc3c2)CC(C)(C)N1C.CC(C)C1CC(OC=O)CC(C)(C)N1C.Oc1ccc2cc(O)ccc2c1. The largest absolute Gasteiger partial charge is 0.508 e. The summed E-state index contributed by atoms with van der Waals surface area (Å²) >= 11 is 0. The summed E-state index contributed by atoms with van der Waals surface area (Å²) in [6.45, 7) is 27.2. The van der Waals surface area contributed by atoms with Gasteiger partial charge in [-0.1, -0.05) is 65.8 Å². The number of rotatable bonds is 9. The van der Waals surface area contributed by atoms with Gasteiger partial charge in [0.2, 0.25) is 0 Å². The number of hydrogen-bond donors (Lipinski definition) is 2. The topological polar surface area (TPSA) is 129 Å². The molecule has 0 amide bonds. The van der Waals surface area contributed by atoms with Gasteiger partial charge in [0.05, 0.1) is 11.8 Å². The van der Waals surface area contributed by atoms with Gasteiger partial charge in [0.25, 0.3) is 6.47 Å². The van der Waals surface area contributed by atoms with Crippen LogP contribution in [-0.4, -0.2) is 105 Å². The summed E-state index contributed by atoms with van der Waals surface area (Å²) in [6.07, 6.45) is 5.14. The minimum Gasteiger partial charge on any atom is -0.508 e. The second kappa shape index (κ2) is 21.7. The Labute approximate surface area is 401 Å². The molecule has 3 heterocycles. The number of hydrogen-bond acceptors (Lipinski definition) is 11. The summed E-state index contributed by atoms with van der Waals surface area (Å²) in [5, 5.41) is 22.0. The van der Waals surface area contributed by atoms with Crippen molar-refractivity contribution in [3.8, 4) is 23.0 Å². The van der Waals surface area contributed by atoms with Gasteiger partial charge >= 0.3 is 11.9 Å². The van der Waals surface area contributed by atoms with Crippen LogP contribution in [0.1, 0.15) is 122 Å². The first kappa shape index (κ1) is 53.2. The molecular weight excluding hydrogens is 843 g/mol. The Kier molecular flexibility index (Phi) is 17.3. The number of nitrogens with zero attached hydrogens (tertiary/aromatic N) is 3. The van der Waals surface area contributed by atoms with Crippen LogP contribution in [0.25, 0.3) is 21.5 Å². The molecule has 3 aliphatic heterocycles. The number of phenols is 2. The molecule has 0 aromatic heterocycles. The Hall–Kier alpha value is -4.71. The van der Waals surface area contributed by atoms with Crippen molar-refractivity contribution in [2.24, 2.45) is 29.6 Å². The van der Waals surface area contributed by atoms with Crippen LogP contribution in [0.4, 0.5) is 0 Å². The monoisotopic (exact) mass is 924 g/mol. The molecule has 3 aliphatic rings. The van der Waals surface area contributed by atoms with E-state index in [1.54, 1.807) is 36.4 Å². The van der Waals surface area contributed by atoms with Gasteiger partial charge in [-0.3, -0.25) is 29.1 Å². The first-order chi connectivity index (χ1) is 31.2. The molecular formula is C56H81N3O8. The summed E-state index contributed by atoms with van der Waals surface area (Å²) in [7, 11) is 6.50. The van der Waals surface area contributed by atoms with E-state index < -0.39 is 0 Å². The van der Waals surface area contributed by atoms with Crippen LogP contribution >= 0.6 is 0 Å². The molecule has 0 aliphatic carbocycles. The Morgan fingerprint density at radius 2 is 0.866 bits per heavy atom. The number of benzene rings is 4. The average molecular weight is 924 g/mol. The highest BCUT2D eigenvalue weighted by molar-refractivity contribution is 5.87. The Bertz CT molecular complexity index is 2180. The number of carbonyl (C=O) groups is 3. The van der Waals surface area contributed by atoms with Crippen LogP contribution in [0.2, 0.25) is 0 Å². The van der Waals surface area contributed by atoms with Gasteiger partial charge < -0.3 is 24.4 Å². The summed E-state index contributed by atoms with van der Waals surface area (Å²) in [4.78, 5) is 44.1. The standard InChI is InChI=1S/C34H50N2O4.C12H23NO2.C10H8O2/c1-21(2)29-17-25(19-33(5,6)35(29)9)31(37)39-27-13-11-24-16-28(14-12-23(24)15-27)40-32(38)26-18-30(22(3)4)36(10)34(7,8)20-26;1-9(2)11-6-10(15-8-14)7-12(3,4)13(11)5;11-9-3-1-7-5-10(12)4-2-8(7)6-9/h11-16,21-22,25-26,29-30H,17-20H2,1-10H3;8-11H,6-7H2,1-5H3;1-6,11-12H. The van der Waals surface area contributed by atoms with Crippen LogP contribution in [-0.2, 0) is 19.1 Å². The summed E-state index contributed by atoms with van der Waals surface area (Å²) < 4.78 is 16.9. The molecule has 2 N–H and O–H groups in total. The van der Waals surface area contributed by atoms with E-state index in [-0.39, 0.29) is 58.0 Å². The lowest BCUT2D eigenvalue weighted by atomic mass is 9.76. The third kappa shape index (κ3) is 13.3. The van der Waals surface area contributed by atoms with Crippen LogP contribution in [0.5, 0.6) is 23.0 Å². The van der Waals surface area contributed by atoms with Crippen LogP contribution in [0, 0.1) is 29.6 Å². The number of aromatic hydroxyl groups is 2. The molecule has 0 bridgehead atoms. The first-order valence-corrected chi connectivity index (χ1v) is 24.4. The predicted octanol–water partition coefficient (Wildman–Crippen LogP) is 11.2. The number of carbonyl (C=O) groups excluding carboxylic acids is 3. The van der Waals surface area contributed by atoms with E-state index in [0.717, 1.165) is 60.1 Å². The van der Waals surface area contributed by atoms with Crippen molar-refractivity contribution in [3.05, 3.63) is 72.8 Å². The van der Waals surface area contributed by atoms with E-state index in [2.05, 4.69) is 119 Å². The van der Waals surface area contributed by atoms with Crippen molar-refractivity contribution < 1.29 is 38.8 Å². The number of fused-ring (bicyclic) bond motifs is 2. The van der Waals surface area contributed by atoms with E-state index in [9.17, 15) is 14.4 Å². The average Bonchev–Trinajstić information content (AvgIpc) is 3.24. The van der Waals surface area contributed by atoms with Crippen LogP contribution < -0.4 is 9.47 Å². The van der Waals surface area contributed by atoms with E-state index >= 15 is 0 Å². The molecule has 0 radical (unpaired) electrons. The number of piperidine rings is 3. The van der Waals surface area contributed by atoms with Gasteiger partial charge in [-0.25, -0.2) is 0 Å². The highest BCUT2D eigenvalue weighted by atomic mass is 16.5. The molecule has 6 unspecified atom stereocenters. The number of ether oxygens (including phenoxy) is 3. The van der Waals surface area contributed by atoms with Gasteiger partial charge in [-0.05, 0) is 176 Å². The molecule has 11 nitrogen and oxygen atoms in total. The maximum Gasteiger partial charge on any atom is 0.314 e. The van der Waals surface area contributed by atoms with E-state index in [1.807, 2.05) is 36.4 Å². The maximum absolute atomic E-state index is 13.2. The minimum absolute atomic E-state index is 0.0624. The summed E-state index contributed by atoms with van der Waals surface area (Å²) in [5.41, 5.74) is -0.0128. The molecule has 0 spiro atoms. The highest BCUT2D eigenvalue weighted by Crippen LogP contribution is 2.40. The molecule has 7 rings (SSSR count). The number of phenolic OH excluding ortho intramolecular Hbond substituents is 2. The smallest absolute Gasteiger partial charge is 0.314 e. The molecule has 67 heavy (non-hydrogen) atoms. The molecule has 4 aromatic carbocycles. The molecule has 3 fully saturated rings. The summed E-state index contributed by atoms with van der Waals surface area (Å²) in [6, 6.07) is 22.6. The normalized spacial score (nSPS) is 25.2. The van der Waals surface area contributed by atoms with Crippen molar-refractivity contribution in [1.82, 2.24) is 14.7 Å². The van der Waals surface area contributed by atoms with Crippen molar-refractivity contribution >= 4 is 40.0 Å². The zero-order valence-electron chi connectivity index (χ0n) is 43.1. The van der Waals surface area contributed by atoms with Crippen molar-refractivity contribution in [1.29, 1.82) is 0 Å². The van der Waals surface area contributed by atoms with Gasteiger partial charge in [0.15, 0.2) is 0 Å². The molecule has 11 heteroatoms. The number of likely N-dealkylation sites (tertiary alicyclic amines) is 3. The predicted molar refractivity (Wildman–Crippen MR) is 270 cm³/mol. The third-order valence-electron chi connectivity index (χ3n) is 15.4. The van der Waals surface area contributed by atoms with Crippen LogP contribution in [0.15, 0.2) is 72.8 Å². The Balaban J connectivity index is 0.000000251. The van der Waals surface area contributed by atoms with E-state index in [4.69, 9.17) is 24.4 Å². The second-order valence-electron chi connectivity index (χ2n) is 22.5. The second-order valence-corrected chi connectivity index (χ2v) is 22.5. The lowest BCUT2D eigenvalue weighted by molar-refractivity contribution is -0.145. The third-order valence-corrected chi connectivity index (χ3v) is 15.4. The van der Waals surface area contributed by atoms with E-state index in [0.29, 0.717) is 53.9 Å². The fraction of sp³-hybridized carbons (Fsp3) is 0.589. The Morgan fingerprint density at radius 3 is 1.22 bits per heavy atom. The van der Waals surface area contributed by atoms with E-state index in [1.165, 1.54) is 0 Å². The van der Waals surface area contributed by atoms with Gasteiger partial charge in [0.1, 0.15) is 29.1 Å². The van der Waals surface area contributed by atoms with Gasteiger partial charge in [-0.2, -0.15) is 0 Å². The first-order valence-electron chi connectivity index (χ1n) is 24.4. The van der Waals surface area contributed by atoms with Crippen molar-refractivity contribution in [2.75, 3.05) is 21.1 Å². The van der Waals surface area contributed by atoms with Crippen molar-refractivity contribution in [2.45, 2.75) is 162 Å². The zero-order valence-corrected chi connectivity index (χ0v) is 43.1. The zero-order chi connectivity index (χ0) is 49.8.